The molecule has 0 saturated heterocycles. The minimum Gasteiger partial charge on any atom is -0.506 e. The van der Waals surface area contributed by atoms with Crippen molar-refractivity contribution in [3.05, 3.63) is 23.8 Å². The van der Waals surface area contributed by atoms with Gasteiger partial charge in [0.25, 0.3) is 0 Å². The van der Waals surface area contributed by atoms with Gasteiger partial charge >= 0.3 is 5.97 Å². The summed E-state index contributed by atoms with van der Waals surface area (Å²) in [5.41, 5.74) is 0.964. The second-order valence-corrected chi connectivity index (χ2v) is 3.93. The first-order chi connectivity index (χ1) is 8.45. The zero-order chi connectivity index (χ0) is 13.7. The number of carbonyl (C=O) groups is 2. The number of phenolic OH excluding ortho intramolecular Hbond substituents is 1. The van der Waals surface area contributed by atoms with Crippen molar-refractivity contribution in [3.8, 4) is 5.75 Å². The molecule has 0 aliphatic carbocycles. The monoisotopic (exact) mass is 251 g/mol. The molecule has 18 heavy (non-hydrogen) atoms. The molecule has 1 amide bonds. The van der Waals surface area contributed by atoms with E-state index in [-0.39, 0.29) is 23.3 Å². The van der Waals surface area contributed by atoms with E-state index in [1.165, 1.54) is 13.0 Å². The Bertz CT molecular complexity index is 456. The first-order valence-corrected chi connectivity index (χ1v) is 5.72. The molecule has 1 aromatic carbocycles. The normalized spacial score (nSPS) is 11.7. The van der Waals surface area contributed by atoms with Gasteiger partial charge < -0.3 is 15.2 Å². The summed E-state index contributed by atoms with van der Waals surface area (Å²) >= 11 is 0. The van der Waals surface area contributed by atoms with Crippen molar-refractivity contribution in [2.24, 2.45) is 0 Å². The number of amides is 1. The maximum absolute atomic E-state index is 11.6. The quantitative estimate of drug-likeness (QED) is 0.634. The molecule has 0 spiro atoms. The lowest BCUT2D eigenvalue weighted by Gasteiger charge is -2.13. The summed E-state index contributed by atoms with van der Waals surface area (Å²) < 4.78 is 4.92. The second-order valence-electron chi connectivity index (χ2n) is 3.93. The van der Waals surface area contributed by atoms with Gasteiger partial charge in [0.1, 0.15) is 5.75 Å². The van der Waals surface area contributed by atoms with E-state index in [1.807, 2.05) is 0 Å². The molecule has 0 aliphatic heterocycles. The number of hydrogen-bond acceptors (Lipinski definition) is 4. The van der Waals surface area contributed by atoms with Gasteiger partial charge in [0.15, 0.2) is 0 Å². The van der Waals surface area contributed by atoms with Crippen LogP contribution in [0.4, 0.5) is 5.69 Å². The summed E-state index contributed by atoms with van der Waals surface area (Å²) in [6, 6.07) is 4.64. The van der Waals surface area contributed by atoms with Crippen LogP contribution < -0.4 is 5.32 Å². The molecular formula is C13H17NO4. The fraction of sp³-hybridized carbons (Fsp3) is 0.385. The molecule has 0 bridgehead atoms. The number of ether oxygens (including phenoxy) is 1. The summed E-state index contributed by atoms with van der Waals surface area (Å²) in [5, 5.41) is 12.1. The Morgan fingerprint density at radius 2 is 2.11 bits per heavy atom. The Labute approximate surface area is 106 Å². The Kier molecular flexibility index (Phi) is 4.71. The maximum Gasteiger partial charge on any atom is 0.313 e. The van der Waals surface area contributed by atoms with Crippen LogP contribution in [0.15, 0.2) is 18.2 Å². The molecule has 2 N–H and O–H groups in total. The van der Waals surface area contributed by atoms with Crippen molar-refractivity contribution in [3.63, 3.8) is 0 Å². The highest BCUT2D eigenvalue weighted by Crippen LogP contribution is 2.28. The van der Waals surface area contributed by atoms with E-state index in [2.05, 4.69) is 5.32 Å². The van der Waals surface area contributed by atoms with Crippen molar-refractivity contribution >= 4 is 17.6 Å². The van der Waals surface area contributed by atoms with Crippen LogP contribution in [0.5, 0.6) is 5.75 Å². The van der Waals surface area contributed by atoms with E-state index < -0.39 is 5.92 Å². The van der Waals surface area contributed by atoms with Crippen molar-refractivity contribution in [2.75, 3.05) is 11.9 Å². The van der Waals surface area contributed by atoms with Crippen LogP contribution in [0, 0.1) is 0 Å². The second kappa shape index (κ2) is 6.05. The zero-order valence-electron chi connectivity index (χ0n) is 10.7. The first-order valence-electron chi connectivity index (χ1n) is 5.72. The van der Waals surface area contributed by atoms with Crippen molar-refractivity contribution in [1.82, 2.24) is 0 Å². The van der Waals surface area contributed by atoms with E-state index in [0.29, 0.717) is 12.2 Å². The van der Waals surface area contributed by atoms with Gasteiger partial charge in [-0.2, -0.15) is 0 Å². The molecule has 0 heterocycles. The van der Waals surface area contributed by atoms with Gasteiger partial charge in [0, 0.05) is 6.92 Å². The largest absolute Gasteiger partial charge is 0.506 e. The molecule has 98 valence electrons. The molecule has 5 nitrogen and oxygen atoms in total. The Morgan fingerprint density at radius 1 is 1.44 bits per heavy atom. The number of carbonyl (C=O) groups excluding carboxylic acids is 2. The minimum atomic E-state index is -0.446. The van der Waals surface area contributed by atoms with Crippen molar-refractivity contribution < 1.29 is 19.4 Å². The van der Waals surface area contributed by atoms with Crippen molar-refractivity contribution in [2.45, 2.75) is 26.7 Å². The zero-order valence-corrected chi connectivity index (χ0v) is 10.7. The third-order valence-corrected chi connectivity index (χ3v) is 2.47. The highest BCUT2D eigenvalue weighted by molar-refractivity contribution is 5.90. The van der Waals surface area contributed by atoms with E-state index in [4.69, 9.17) is 4.74 Å². The van der Waals surface area contributed by atoms with Crippen LogP contribution in [0.1, 0.15) is 32.3 Å². The Balaban J connectivity index is 2.96. The predicted molar refractivity (Wildman–Crippen MR) is 67.5 cm³/mol. The van der Waals surface area contributed by atoms with Crippen LogP contribution >= 0.6 is 0 Å². The third-order valence-electron chi connectivity index (χ3n) is 2.47. The summed E-state index contributed by atoms with van der Waals surface area (Å²) in [6.45, 7) is 5.12. The molecule has 0 radical (unpaired) electrons. The molecule has 0 aliphatic rings. The lowest BCUT2D eigenvalue weighted by molar-refractivity contribution is -0.144. The topological polar surface area (TPSA) is 75.6 Å². The Morgan fingerprint density at radius 3 is 2.67 bits per heavy atom. The molecule has 1 aromatic rings. The lowest BCUT2D eigenvalue weighted by atomic mass is 10.0. The number of anilines is 1. The SMILES string of the molecule is CCOC(=O)C(C)c1ccc(O)c(NC(C)=O)c1. The maximum atomic E-state index is 11.6. The predicted octanol–water partition coefficient (Wildman–Crippen LogP) is 2.02. The number of hydrogen-bond donors (Lipinski definition) is 2. The van der Waals surface area contributed by atoms with Gasteiger partial charge in [0.2, 0.25) is 5.91 Å². The minimum absolute atomic E-state index is 0.0370. The first kappa shape index (κ1) is 14.0. The van der Waals surface area contributed by atoms with Gasteiger partial charge in [-0.1, -0.05) is 6.07 Å². The summed E-state index contributed by atoms with van der Waals surface area (Å²) in [6.07, 6.45) is 0. The standard InChI is InChI=1S/C13H17NO4/c1-4-18-13(17)8(2)10-5-6-12(16)11(7-10)14-9(3)15/h5-8,16H,4H2,1-3H3,(H,14,15). The molecule has 0 aromatic heterocycles. The van der Waals surface area contributed by atoms with Crippen LogP contribution in [0.25, 0.3) is 0 Å². The van der Waals surface area contributed by atoms with Gasteiger partial charge in [-0.15, -0.1) is 0 Å². The van der Waals surface area contributed by atoms with E-state index >= 15 is 0 Å². The van der Waals surface area contributed by atoms with E-state index in [9.17, 15) is 14.7 Å². The lowest BCUT2D eigenvalue weighted by Crippen LogP contribution is -2.13. The van der Waals surface area contributed by atoms with Crippen LogP contribution in [-0.2, 0) is 14.3 Å². The van der Waals surface area contributed by atoms with Gasteiger partial charge in [-0.3, -0.25) is 9.59 Å². The van der Waals surface area contributed by atoms with E-state index in [0.717, 1.165) is 0 Å². The molecule has 1 unspecified atom stereocenters. The molecule has 0 fully saturated rings. The number of phenols is 1. The fourth-order valence-electron chi connectivity index (χ4n) is 1.52. The van der Waals surface area contributed by atoms with Gasteiger partial charge in [0.05, 0.1) is 18.2 Å². The van der Waals surface area contributed by atoms with Crippen LogP contribution in [0.2, 0.25) is 0 Å². The summed E-state index contributed by atoms with van der Waals surface area (Å²) in [4.78, 5) is 22.6. The van der Waals surface area contributed by atoms with E-state index in [1.54, 1.807) is 26.0 Å². The average molecular weight is 251 g/mol. The van der Waals surface area contributed by atoms with Crippen molar-refractivity contribution in [1.29, 1.82) is 0 Å². The molecule has 5 heteroatoms. The number of esters is 1. The van der Waals surface area contributed by atoms with Gasteiger partial charge in [-0.25, -0.2) is 0 Å². The number of aromatic hydroxyl groups is 1. The number of nitrogens with one attached hydrogen (secondary N) is 1. The van der Waals surface area contributed by atoms with Crippen LogP contribution in [-0.4, -0.2) is 23.6 Å². The highest BCUT2D eigenvalue weighted by atomic mass is 16.5. The highest BCUT2D eigenvalue weighted by Gasteiger charge is 2.17. The molecule has 1 atom stereocenters. The summed E-state index contributed by atoms with van der Waals surface area (Å²) in [7, 11) is 0. The number of rotatable bonds is 4. The Hall–Kier alpha value is -2.04. The summed E-state index contributed by atoms with van der Waals surface area (Å²) in [5.74, 6) is -1.11. The fourth-order valence-corrected chi connectivity index (χ4v) is 1.52. The molecule has 0 saturated carbocycles. The van der Waals surface area contributed by atoms with Gasteiger partial charge in [-0.05, 0) is 31.5 Å². The average Bonchev–Trinajstić information content (AvgIpc) is 2.31. The smallest absolute Gasteiger partial charge is 0.313 e. The molecular weight excluding hydrogens is 234 g/mol. The number of benzene rings is 1. The third kappa shape index (κ3) is 3.48. The van der Waals surface area contributed by atoms with Crippen LogP contribution in [0.3, 0.4) is 0 Å². The molecule has 1 rings (SSSR count).